The zero-order valence-electron chi connectivity index (χ0n) is 21.2. The van der Waals surface area contributed by atoms with Gasteiger partial charge in [-0.2, -0.15) is 0 Å². The SMILES string of the molecule is CC(=O)n1cc(C(=O)Nc2cc(C(=O)OC(C)(C)C)ccc2NCC2CCOCC2)c2ccccc21. The third-order valence-electron chi connectivity index (χ3n) is 6.12. The van der Waals surface area contributed by atoms with Crippen LogP contribution < -0.4 is 10.6 Å². The molecule has 1 amide bonds. The van der Waals surface area contributed by atoms with Crippen molar-refractivity contribution >= 4 is 40.1 Å². The van der Waals surface area contributed by atoms with Gasteiger partial charge in [0.25, 0.3) is 5.91 Å². The number of carbonyl (C=O) groups excluding carboxylic acids is 3. The highest BCUT2D eigenvalue weighted by Gasteiger charge is 2.22. The van der Waals surface area contributed by atoms with Crippen molar-refractivity contribution in [1.82, 2.24) is 4.57 Å². The third-order valence-corrected chi connectivity index (χ3v) is 6.12. The van der Waals surface area contributed by atoms with Crippen LogP contribution in [0.15, 0.2) is 48.7 Å². The van der Waals surface area contributed by atoms with E-state index < -0.39 is 11.6 Å². The van der Waals surface area contributed by atoms with E-state index in [1.165, 1.54) is 11.5 Å². The van der Waals surface area contributed by atoms with Gasteiger partial charge in [-0.1, -0.05) is 18.2 Å². The van der Waals surface area contributed by atoms with E-state index in [4.69, 9.17) is 9.47 Å². The predicted molar refractivity (Wildman–Crippen MR) is 140 cm³/mol. The average Bonchev–Trinajstić information content (AvgIpc) is 3.23. The van der Waals surface area contributed by atoms with Crippen molar-refractivity contribution in [2.75, 3.05) is 30.4 Å². The maximum atomic E-state index is 13.4. The summed E-state index contributed by atoms with van der Waals surface area (Å²) in [6, 6.07) is 12.4. The van der Waals surface area contributed by atoms with Crippen LogP contribution in [0.25, 0.3) is 10.9 Å². The first kappa shape index (κ1) is 25.4. The fourth-order valence-electron chi connectivity index (χ4n) is 4.28. The molecule has 0 radical (unpaired) electrons. The van der Waals surface area contributed by atoms with E-state index in [-0.39, 0.29) is 11.8 Å². The Morgan fingerprint density at radius 2 is 1.78 bits per heavy atom. The highest BCUT2D eigenvalue weighted by atomic mass is 16.6. The molecule has 190 valence electrons. The molecule has 8 nitrogen and oxygen atoms in total. The molecule has 0 unspecified atom stereocenters. The molecule has 1 saturated heterocycles. The van der Waals surface area contributed by atoms with E-state index in [0.29, 0.717) is 39.3 Å². The molecule has 1 aromatic heterocycles. The van der Waals surface area contributed by atoms with Crippen molar-refractivity contribution in [2.24, 2.45) is 5.92 Å². The van der Waals surface area contributed by atoms with Gasteiger partial charge in [0, 0.05) is 38.3 Å². The molecule has 3 aromatic rings. The number of nitrogens with zero attached hydrogens (tertiary/aromatic N) is 1. The van der Waals surface area contributed by atoms with E-state index in [1.807, 2.05) is 39.0 Å². The molecule has 1 fully saturated rings. The van der Waals surface area contributed by atoms with Gasteiger partial charge in [-0.25, -0.2) is 4.79 Å². The first-order chi connectivity index (χ1) is 17.1. The maximum Gasteiger partial charge on any atom is 0.338 e. The molecule has 36 heavy (non-hydrogen) atoms. The monoisotopic (exact) mass is 491 g/mol. The zero-order chi connectivity index (χ0) is 25.9. The van der Waals surface area contributed by atoms with Crippen molar-refractivity contribution in [2.45, 2.75) is 46.1 Å². The van der Waals surface area contributed by atoms with E-state index >= 15 is 0 Å². The Labute approximate surface area is 211 Å². The summed E-state index contributed by atoms with van der Waals surface area (Å²) in [7, 11) is 0. The Balaban J connectivity index is 1.64. The molecule has 2 heterocycles. The molecule has 1 aliphatic rings. The van der Waals surface area contributed by atoms with Crippen LogP contribution in [0.3, 0.4) is 0 Å². The first-order valence-corrected chi connectivity index (χ1v) is 12.2. The van der Waals surface area contributed by atoms with Crippen molar-refractivity contribution < 1.29 is 23.9 Å². The largest absolute Gasteiger partial charge is 0.456 e. The number of rotatable bonds is 6. The van der Waals surface area contributed by atoms with Crippen LogP contribution in [0.5, 0.6) is 0 Å². The van der Waals surface area contributed by atoms with Gasteiger partial charge in [0.15, 0.2) is 0 Å². The summed E-state index contributed by atoms with van der Waals surface area (Å²) in [6.45, 7) is 9.09. The Hall–Kier alpha value is -3.65. The first-order valence-electron chi connectivity index (χ1n) is 12.2. The topological polar surface area (TPSA) is 98.7 Å². The Kier molecular flexibility index (Phi) is 7.45. The van der Waals surface area contributed by atoms with Crippen LogP contribution in [0.2, 0.25) is 0 Å². The number of carbonyl (C=O) groups is 3. The van der Waals surface area contributed by atoms with Crippen LogP contribution >= 0.6 is 0 Å². The molecule has 2 N–H and O–H groups in total. The minimum absolute atomic E-state index is 0.184. The van der Waals surface area contributed by atoms with E-state index in [0.717, 1.165) is 32.6 Å². The summed E-state index contributed by atoms with van der Waals surface area (Å²) in [5, 5.41) is 7.06. The number of aromatic nitrogens is 1. The highest BCUT2D eigenvalue weighted by molar-refractivity contribution is 6.15. The van der Waals surface area contributed by atoms with Crippen LogP contribution in [-0.2, 0) is 9.47 Å². The lowest BCUT2D eigenvalue weighted by Gasteiger charge is -2.24. The third kappa shape index (κ3) is 5.94. The van der Waals surface area contributed by atoms with E-state index in [9.17, 15) is 14.4 Å². The molecule has 1 aliphatic heterocycles. The summed E-state index contributed by atoms with van der Waals surface area (Å²) in [6.07, 6.45) is 3.49. The minimum atomic E-state index is -0.644. The zero-order valence-corrected chi connectivity index (χ0v) is 21.2. The standard InChI is InChI=1S/C28H33N3O5/c1-18(32)31-17-22(21-7-5-6-8-25(21)31)26(33)30-24-15-20(27(34)36-28(2,3)4)9-10-23(24)29-16-19-11-13-35-14-12-19/h5-10,15,17,19,29H,11-14,16H2,1-4H3,(H,30,33). The van der Waals surface area contributed by atoms with Crippen LogP contribution in [-0.4, -0.2) is 47.7 Å². The number of ether oxygens (including phenoxy) is 2. The van der Waals surface area contributed by atoms with Gasteiger partial charge in [-0.15, -0.1) is 0 Å². The number of esters is 1. The van der Waals surface area contributed by atoms with Gasteiger partial charge in [-0.05, 0) is 63.8 Å². The summed E-state index contributed by atoms with van der Waals surface area (Å²) in [4.78, 5) is 38.3. The van der Waals surface area contributed by atoms with Crippen LogP contribution in [0.4, 0.5) is 11.4 Å². The second-order valence-corrected chi connectivity index (χ2v) is 10.1. The van der Waals surface area contributed by atoms with Crippen molar-refractivity contribution in [3.63, 3.8) is 0 Å². The molecule has 0 atom stereocenters. The fraction of sp³-hybridized carbons (Fsp3) is 0.393. The summed E-state index contributed by atoms with van der Waals surface area (Å²) >= 11 is 0. The van der Waals surface area contributed by atoms with Crippen LogP contribution in [0.1, 0.15) is 66.0 Å². The molecular formula is C28H33N3O5. The number of fused-ring (bicyclic) bond motifs is 1. The lowest BCUT2D eigenvalue weighted by atomic mass is 10.0. The lowest BCUT2D eigenvalue weighted by molar-refractivity contribution is 0.00693. The number of amides is 1. The van der Waals surface area contributed by atoms with Crippen LogP contribution in [0, 0.1) is 5.92 Å². The fourth-order valence-corrected chi connectivity index (χ4v) is 4.28. The van der Waals surface area contributed by atoms with Gasteiger partial charge in [-0.3, -0.25) is 14.2 Å². The minimum Gasteiger partial charge on any atom is -0.456 e. The highest BCUT2D eigenvalue weighted by Crippen LogP contribution is 2.28. The molecule has 0 saturated carbocycles. The number of hydrogen-bond acceptors (Lipinski definition) is 6. The second-order valence-electron chi connectivity index (χ2n) is 10.1. The van der Waals surface area contributed by atoms with Crippen molar-refractivity contribution in [1.29, 1.82) is 0 Å². The average molecular weight is 492 g/mol. The van der Waals surface area contributed by atoms with Gasteiger partial charge < -0.3 is 20.1 Å². The van der Waals surface area contributed by atoms with Gasteiger partial charge in [0.1, 0.15) is 5.60 Å². The van der Waals surface area contributed by atoms with E-state index in [1.54, 1.807) is 30.5 Å². The molecule has 4 rings (SSSR count). The number of benzene rings is 2. The Morgan fingerprint density at radius 1 is 1.06 bits per heavy atom. The molecule has 0 spiro atoms. The lowest BCUT2D eigenvalue weighted by Crippen LogP contribution is -2.25. The summed E-state index contributed by atoms with van der Waals surface area (Å²) in [5.41, 5.74) is 1.90. The summed E-state index contributed by atoms with van der Waals surface area (Å²) in [5.74, 6) is -0.568. The van der Waals surface area contributed by atoms with E-state index in [2.05, 4.69) is 10.6 Å². The van der Waals surface area contributed by atoms with Gasteiger partial charge >= 0.3 is 5.97 Å². The molecule has 8 heteroatoms. The number of nitrogens with one attached hydrogen (secondary N) is 2. The number of hydrogen-bond donors (Lipinski definition) is 2. The second kappa shape index (κ2) is 10.5. The quantitative estimate of drug-likeness (QED) is 0.451. The molecule has 0 aliphatic carbocycles. The molecule has 0 bridgehead atoms. The summed E-state index contributed by atoms with van der Waals surface area (Å²) < 4.78 is 12.4. The molecular weight excluding hydrogens is 458 g/mol. The smallest absolute Gasteiger partial charge is 0.338 e. The number of para-hydroxylation sites is 1. The van der Waals surface area contributed by atoms with Crippen molar-refractivity contribution in [3.05, 3.63) is 59.8 Å². The predicted octanol–water partition coefficient (Wildman–Crippen LogP) is 5.35. The normalized spacial score (nSPS) is 14.4. The van der Waals surface area contributed by atoms with Gasteiger partial charge in [0.2, 0.25) is 5.91 Å². The maximum absolute atomic E-state index is 13.4. The Morgan fingerprint density at radius 3 is 2.47 bits per heavy atom. The van der Waals surface area contributed by atoms with Crippen molar-refractivity contribution in [3.8, 4) is 0 Å². The Bertz CT molecular complexity index is 1280. The molecule has 2 aromatic carbocycles. The van der Waals surface area contributed by atoms with Gasteiger partial charge in [0.05, 0.1) is 28.0 Å². The number of anilines is 2.